The van der Waals surface area contributed by atoms with Crippen LogP contribution in [0.5, 0.6) is 0 Å². The summed E-state index contributed by atoms with van der Waals surface area (Å²) in [5, 5.41) is 8.95. The molecule has 0 aliphatic rings. The summed E-state index contributed by atoms with van der Waals surface area (Å²) >= 11 is 0. The highest BCUT2D eigenvalue weighted by Crippen LogP contribution is 2.20. The Balaban J connectivity index is 2.60. The highest BCUT2D eigenvalue weighted by molar-refractivity contribution is 6.32. The number of aromatic nitrogens is 2. The maximum Gasteiger partial charge on any atom is 0.162 e. The molecule has 0 amide bonds. The topological polar surface area (TPSA) is 49.6 Å². The first-order valence-electron chi connectivity index (χ1n) is 5.23. The molecule has 0 aliphatic heterocycles. The molecule has 80 valence electrons. The first-order chi connectivity index (χ1) is 8.11. The van der Waals surface area contributed by atoms with E-state index in [1.54, 1.807) is 6.92 Å². The van der Waals surface area contributed by atoms with Crippen LogP contribution in [0.4, 0.5) is 0 Å². The fourth-order valence-corrected chi connectivity index (χ4v) is 1.65. The summed E-state index contributed by atoms with van der Waals surface area (Å²) in [4.78, 5) is 8.65. The molecule has 1 aromatic carbocycles. The van der Waals surface area contributed by atoms with Crippen LogP contribution < -0.4 is 5.46 Å². The van der Waals surface area contributed by atoms with Gasteiger partial charge < -0.3 is 0 Å². The zero-order valence-corrected chi connectivity index (χ0v) is 9.73. The van der Waals surface area contributed by atoms with Crippen molar-refractivity contribution >= 4 is 13.3 Å². The minimum Gasteiger partial charge on any atom is -0.253 e. The van der Waals surface area contributed by atoms with Crippen LogP contribution in [0.15, 0.2) is 24.3 Å². The van der Waals surface area contributed by atoms with E-state index in [0.717, 1.165) is 17.0 Å². The van der Waals surface area contributed by atoms with Crippen molar-refractivity contribution in [2.24, 2.45) is 0 Å². The minimum absolute atomic E-state index is 0.363. The van der Waals surface area contributed by atoms with E-state index in [1.807, 2.05) is 37.3 Å². The van der Waals surface area contributed by atoms with Crippen LogP contribution in [-0.4, -0.2) is 17.8 Å². The second kappa shape index (κ2) is 4.38. The number of nitrogens with zero attached hydrogens (tertiary/aromatic N) is 3. The summed E-state index contributed by atoms with van der Waals surface area (Å²) in [6.07, 6.45) is 0. The summed E-state index contributed by atoms with van der Waals surface area (Å²) in [5.41, 5.74) is 4.18. The van der Waals surface area contributed by atoms with Gasteiger partial charge in [0, 0.05) is 5.56 Å². The molecule has 2 rings (SSSR count). The summed E-state index contributed by atoms with van der Waals surface area (Å²) < 4.78 is 0. The van der Waals surface area contributed by atoms with Gasteiger partial charge in [-0.2, -0.15) is 5.26 Å². The molecule has 0 fully saturated rings. The van der Waals surface area contributed by atoms with Gasteiger partial charge in [-0.05, 0) is 13.8 Å². The van der Waals surface area contributed by atoms with Crippen LogP contribution in [0, 0.1) is 25.2 Å². The molecule has 4 heteroatoms. The van der Waals surface area contributed by atoms with E-state index in [2.05, 4.69) is 9.97 Å². The second-order valence-electron chi connectivity index (χ2n) is 3.83. The molecule has 0 atom stereocenters. The summed E-state index contributed by atoms with van der Waals surface area (Å²) in [7, 11) is 5.63. The summed E-state index contributed by atoms with van der Waals surface area (Å²) in [5.74, 6) is 0. The van der Waals surface area contributed by atoms with Gasteiger partial charge >= 0.3 is 0 Å². The fourth-order valence-electron chi connectivity index (χ4n) is 1.65. The van der Waals surface area contributed by atoms with Crippen LogP contribution in [0.1, 0.15) is 17.1 Å². The molecule has 0 saturated heterocycles. The summed E-state index contributed by atoms with van der Waals surface area (Å²) in [6, 6.07) is 9.42. The molecular formula is C13H10BN3. The van der Waals surface area contributed by atoms with Crippen molar-refractivity contribution < 1.29 is 0 Å². The summed E-state index contributed by atoms with van der Waals surface area (Å²) in [6.45, 7) is 3.66. The van der Waals surface area contributed by atoms with Gasteiger partial charge in [0.15, 0.2) is 5.69 Å². The van der Waals surface area contributed by atoms with Gasteiger partial charge in [-0.3, -0.25) is 4.98 Å². The van der Waals surface area contributed by atoms with Gasteiger partial charge in [-0.1, -0.05) is 29.7 Å². The molecule has 17 heavy (non-hydrogen) atoms. The van der Waals surface area contributed by atoms with Gasteiger partial charge in [-0.15, -0.1) is 0 Å². The van der Waals surface area contributed by atoms with E-state index in [1.165, 1.54) is 0 Å². The van der Waals surface area contributed by atoms with E-state index < -0.39 is 0 Å². The van der Waals surface area contributed by atoms with Gasteiger partial charge in [0.25, 0.3) is 0 Å². The third-order valence-electron chi connectivity index (χ3n) is 2.53. The molecule has 0 saturated carbocycles. The van der Waals surface area contributed by atoms with Crippen molar-refractivity contribution in [1.82, 2.24) is 9.97 Å². The molecule has 1 heterocycles. The lowest BCUT2D eigenvalue weighted by Gasteiger charge is -2.07. The Hall–Kier alpha value is -2.15. The van der Waals surface area contributed by atoms with E-state index in [-0.39, 0.29) is 0 Å². The molecule has 0 N–H and O–H groups in total. The van der Waals surface area contributed by atoms with Crippen molar-refractivity contribution in [3.05, 3.63) is 41.3 Å². The van der Waals surface area contributed by atoms with Crippen molar-refractivity contribution in [3.8, 4) is 17.3 Å². The smallest absolute Gasteiger partial charge is 0.162 e. The quantitative estimate of drug-likeness (QED) is 0.681. The highest BCUT2D eigenvalue weighted by Gasteiger charge is 2.09. The van der Waals surface area contributed by atoms with Crippen molar-refractivity contribution in [3.63, 3.8) is 0 Å². The van der Waals surface area contributed by atoms with Crippen LogP contribution in [-0.2, 0) is 0 Å². The van der Waals surface area contributed by atoms with Crippen LogP contribution in [0.25, 0.3) is 11.3 Å². The first-order valence-corrected chi connectivity index (χ1v) is 5.23. The zero-order valence-electron chi connectivity index (χ0n) is 9.73. The van der Waals surface area contributed by atoms with Gasteiger partial charge in [0.2, 0.25) is 0 Å². The average molecular weight is 219 g/mol. The molecular weight excluding hydrogens is 209 g/mol. The van der Waals surface area contributed by atoms with Crippen molar-refractivity contribution in [2.45, 2.75) is 13.8 Å². The second-order valence-corrected chi connectivity index (χ2v) is 3.83. The minimum atomic E-state index is 0.363. The van der Waals surface area contributed by atoms with Crippen LogP contribution in [0.2, 0.25) is 0 Å². The number of rotatable bonds is 1. The highest BCUT2D eigenvalue weighted by atomic mass is 14.8. The van der Waals surface area contributed by atoms with Crippen molar-refractivity contribution in [1.29, 1.82) is 5.26 Å². The standard InChI is InChI=1S/C13H10BN3/c1-8-12(7-15)17-13(9(2)16-8)10-3-5-11(14)6-4-10/h3-6H,1-2H3. The number of hydrogen-bond donors (Lipinski definition) is 0. The fraction of sp³-hybridized carbons (Fsp3) is 0.154. The van der Waals surface area contributed by atoms with E-state index >= 15 is 0 Å². The number of benzene rings is 1. The average Bonchev–Trinajstić information content (AvgIpc) is 2.31. The Bertz CT molecular complexity index is 597. The molecule has 0 aliphatic carbocycles. The monoisotopic (exact) mass is 219 g/mol. The van der Waals surface area contributed by atoms with E-state index in [9.17, 15) is 0 Å². The molecule has 1 aromatic heterocycles. The molecule has 0 spiro atoms. The molecule has 0 unspecified atom stereocenters. The molecule has 0 bridgehead atoms. The van der Waals surface area contributed by atoms with Gasteiger partial charge in [0.1, 0.15) is 13.9 Å². The number of aryl methyl sites for hydroxylation is 2. The maximum atomic E-state index is 8.95. The lowest BCUT2D eigenvalue weighted by molar-refractivity contribution is 1.04. The van der Waals surface area contributed by atoms with Crippen LogP contribution in [0.3, 0.4) is 0 Å². The molecule has 2 radical (unpaired) electrons. The van der Waals surface area contributed by atoms with E-state index in [0.29, 0.717) is 16.9 Å². The Morgan fingerprint density at radius 2 is 1.71 bits per heavy atom. The Kier molecular flexibility index (Phi) is 2.92. The third kappa shape index (κ3) is 2.18. The molecule has 2 aromatic rings. The number of nitriles is 1. The lowest BCUT2D eigenvalue weighted by Crippen LogP contribution is -2.02. The third-order valence-corrected chi connectivity index (χ3v) is 2.53. The van der Waals surface area contributed by atoms with E-state index in [4.69, 9.17) is 13.1 Å². The Labute approximate surface area is 102 Å². The lowest BCUT2D eigenvalue weighted by atomic mass is 9.94. The Morgan fingerprint density at radius 3 is 2.29 bits per heavy atom. The van der Waals surface area contributed by atoms with Crippen molar-refractivity contribution in [2.75, 3.05) is 0 Å². The largest absolute Gasteiger partial charge is 0.253 e. The molecule has 3 nitrogen and oxygen atoms in total. The predicted molar refractivity (Wildman–Crippen MR) is 67.0 cm³/mol. The Morgan fingerprint density at radius 1 is 1.06 bits per heavy atom. The number of hydrogen-bond acceptors (Lipinski definition) is 3. The normalized spacial score (nSPS) is 9.94. The zero-order chi connectivity index (χ0) is 12.4. The van der Waals surface area contributed by atoms with Gasteiger partial charge in [-0.25, -0.2) is 4.98 Å². The predicted octanol–water partition coefficient (Wildman–Crippen LogP) is 1.43. The maximum absolute atomic E-state index is 8.95. The first kappa shape index (κ1) is 11.3. The van der Waals surface area contributed by atoms with Crippen LogP contribution >= 0.6 is 0 Å². The van der Waals surface area contributed by atoms with Gasteiger partial charge in [0.05, 0.1) is 17.1 Å². The SMILES string of the molecule is [B]c1ccc(-c2nc(C#N)c(C)nc2C)cc1.